The van der Waals surface area contributed by atoms with Gasteiger partial charge < -0.3 is 35.3 Å². The van der Waals surface area contributed by atoms with Gasteiger partial charge in [0.05, 0.1) is 39.8 Å². The average Bonchev–Trinajstić information content (AvgIpc) is 3.00. The second-order valence-corrected chi connectivity index (χ2v) is 16.1. The van der Waals surface area contributed by atoms with E-state index in [4.69, 9.17) is 10.5 Å². The topological polar surface area (TPSA) is 346 Å². The van der Waals surface area contributed by atoms with Crippen LogP contribution in [0.25, 0.3) is 10.8 Å². The molecular formula is C25H23FN8Na3O13S4+. The number of hydrogen-bond acceptors (Lipinski definition) is 20. The number of benzene rings is 3. The maximum Gasteiger partial charge on any atom is 1.00 e. The zero-order valence-corrected chi connectivity index (χ0v) is 37.6. The van der Waals surface area contributed by atoms with Crippen LogP contribution >= 0.6 is 0 Å². The van der Waals surface area contributed by atoms with Crippen LogP contribution in [-0.4, -0.2) is 92.9 Å². The van der Waals surface area contributed by atoms with E-state index in [1.165, 1.54) is 0 Å². The monoisotopic (exact) mass is 859 g/mol. The summed E-state index contributed by atoms with van der Waals surface area (Å²) >= 11 is 0. The first kappa shape index (κ1) is 50.1. The molecule has 0 spiro atoms. The van der Waals surface area contributed by atoms with Crippen LogP contribution in [0.4, 0.5) is 39.0 Å². The Labute approximate surface area is 373 Å². The number of nitrogens with one attached hydrogen (secondary N) is 2. The minimum atomic E-state index is -5.39. The molecule has 0 saturated heterocycles. The van der Waals surface area contributed by atoms with Crippen molar-refractivity contribution < 1.29 is 150 Å². The van der Waals surface area contributed by atoms with Crippen LogP contribution in [0, 0.1) is 6.08 Å². The van der Waals surface area contributed by atoms with Gasteiger partial charge in [0, 0.05) is 17.6 Å². The molecule has 4 rings (SSSR count). The molecule has 1 aromatic heterocycles. The third kappa shape index (κ3) is 13.3. The van der Waals surface area contributed by atoms with Crippen molar-refractivity contribution in [3.63, 3.8) is 0 Å². The summed E-state index contributed by atoms with van der Waals surface area (Å²) in [6, 6.07) is 4.58. The number of phenolic OH excluding ortho intramolecular Hbond substituents is 1. The van der Waals surface area contributed by atoms with Gasteiger partial charge in [-0.15, -0.1) is 10.2 Å². The van der Waals surface area contributed by atoms with Gasteiger partial charge in [-0.05, 0) is 41.8 Å². The Balaban J connectivity index is 0.00000486. The van der Waals surface area contributed by atoms with Gasteiger partial charge in [-0.1, -0.05) is 6.58 Å². The Morgan fingerprint density at radius 1 is 0.889 bits per heavy atom. The van der Waals surface area contributed by atoms with Crippen LogP contribution in [-0.2, 0) is 44.9 Å². The molecule has 0 fully saturated rings. The number of aromatic hydroxyl groups is 1. The van der Waals surface area contributed by atoms with E-state index in [1.54, 1.807) is 0 Å². The third-order valence-electron chi connectivity index (χ3n) is 6.38. The Hall–Kier alpha value is -1.96. The van der Waals surface area contributed by atoms with E-state index < -0.39 is 100 Å². The van der Waals surface area contributed by atoms with Crippen LogP contribution in [0.5, 0.6) is 5.75 Å². The fraction of sp³-hybridized carbons (Fsp3) is 0.160. The van der Waals surface area contributed by atoms with Gasteiger partial charge in [-0.3, -0.25) is 4.55 Å². The van der Waals surface area contributed by atoms with Gasteiger partial charge in [0.1, 0.15) is 42.3 Å². The Bertz CT molecular complexity index is 2530. The maximum atomic E-state index is 14.1. The van der Waals surface area contributed by atoms with E-state index in [-0.39, 0.29) is 126 Å². The minimum Gasteiger partial charge on any atom is -0.744 e. The van der Waals surface area contributed by atoms with Crippen LogP contribution in [0.3, 0.4) is 0 Å². The van der Waals surface area contributed by atoms with Crippen molar-refractivity contribution in [2.75, 3.05) is 41.9 Å². The number of sulfone groups is 1. The van der Waals surface area contributed by atoms with Gasteiger partial charge in [0.2, 0.25) is 11.9 Å². The number of hydrogen-bond donors (Lipinski definition) is 5. The van der Waals surface area contributed by atoms with Crippen LogP contribution in [0.2, 0.25) is 0 Å². The molecule has 21 nitrogen and oxygen atoms in total. The summed E-state index contributed by atoms with van der Waals surface area (Å²) in [5.74, 6) is -2.02. The Morgan fingerprint density at radius 3 is 2.13 bits per heavy atom. The van der Waals surface area contributed by atoms with Crippen molar-refractivity contribution in [1.82, 2.24) is 15.0 Å². The van der Waals surface area contributed by atoms with Crippen molar-refractivity contribution in [3.05, 3.63) is 54.5 Å². The molecule has 0 aliphatic rings. The summed E-state index contributed by atoms with van der Waals surface area (Å²) in [4.78, 5) is 7.70. The summed E-state index contributed by atoms with van der Waals surface area (Å²) in [6.45, 7) is 3.01. The average molecular weight is 860 g/mol. The summed E-state index contributed by atoms with van der Waals surface area (Å²) in [6.07, 6.45) is -1.27. The number of azo groups is 1. The molecule has 0 radical (unpaired) electrons. The van der Waals surface area contributed by atoms with E-state index in [2.05, 4.69) is 42.4 Å². The van der Waals surface area contributed by atoms with Crippen molar-refractivity contribution in [2.24, 2.45) is 10.2 Å². The quantitative estimate of drug-likeness (QED) is 0.0244. The molecule has 0 unspecified atom stereocenters. The minimum absolute atomic E-state index is 0. The number of nitrogens with two attached hydrogens (primary N) is 1. The molecule has 0 bridgehead atoms. The van der Waals surface area contributed by atoms with Crippen molar-refractivity contribution >= 4 is 85.6 Å². The first-order valence-corrected chi connectivity index (χ1v) is 19.5. The Morgan fingerprint density at radius 2 is 1.54 bits per heavy atom. The zero-order valence-electron chi connectivity index (χ0n) is 28.3. The largest absolute Gasteiger partial charge is 1.00 e. The number of halogens is 1. The van der Waals surface area contributed by atoms with E-state index in [1.807, 2.05) is 0 Å². The second kappa shape index (κ2) is 19.9. The molecule has 29 heteroatoms. The number of ether oxygens (including phenoxy) is 1. The molecule has 4 aromatic rings. The first-order valence-electron chi connectivity index (χ1n) is 13.5. The molecule has 274 valence electrons. The predicted octanol–water partition coefficient (Wildman–Crippen LogP) is -7.34. The van der Waals surface area contributed by atoms with Gasteiger partial charge in [-0.2, -0.15) is 27.8 Å². The SMILES string of the molecule is C=CS(=O)(=O)CCOCCNc1nc(F)nc(Nc2ccc(N=Nc3c(N)c(S(=O)(=O)[O-])cc4cc(S(=O)(=O)[O-])cc(O)c34)c(S(=O)(=O)O)c2)n1.[Na+].[Na+].[Na+]. The zero-order chi connectivity index (χ0) is 37.9. The normalized spacial score (nSPS) is 12.0. The first-order chi connectivity index (χ1) is 23.6. The summed E-state index contributed by atoms with van der Waals surface area (Å²) in [5, 5.41) is 22.8. The van der Waals surface area contributed by atoms with Gasteiger partial charge in [0.25, 0.3) is 10.1 Å². The third-order valence-corrected chi connectivity index (χ3v) is 10.2. The van der Waals surface area contributed by atoms with E-state index in [9.17, 15) is 56.8 Å². The molecule has 0 aliphatic heterocycles. The standard InChI is InChI=1S/C25H25FN8O13S4.3Na/c1-2-48(36,37)8-7-47-6-5-28-24-30-23(26)31-25(32-24)29-14-3-4-16(18(11-14)50(41,42)43)33-34-22-20-13(10-19(21(22)27)51(44,45)46)9-15(12-17(20)35)49(38,39)40;;;/h2-4,9-12,35H,1,5-8,27H2,(H,38,39,40)(H,41,42,43)(H,44,45,46)(H2,28,29,30,31,32);;;/q;3*+1/p-2. The fourth-order valence-electron chi connectivity index (χ4n) is 4.11. The molecule has 3 aromatic carbocycles. The fourth-order valence-corrected chi connectivity index (χ4v) is 6.44. The number of phenols is 1. The Kier molecular flexibility index (Phi) is 18.5. The number of nitrogen functional groups attached to an aromatic ring is 1. The summed E-state index contributed by atoms with van der Waals surface area (Å²) < 4.78 is 147. The van der Waals surface area contributed by atoms with E-state index in [0.717, 1.165) is 23.6 Å². The van der Waals surface area contributed by atoms with Gasteiger partial charge in [-0.25, -0.2) is 25.3 Å². The molecule has 0 aliphatic carbocycles. The van der Waals surface area contributed by atoms with Crippen LogP contribution in [0.15, 0.2) is 73.3 Å². The predicted molar refractivity (Wildman–Crippen MR) is 173 cm³/mol. The molecule has 54 heavy (non-hydrogen) atoms. The van der Waals surface area contributed by atoms with Crippen LogP contribution < -0.4 is 105 Å². The van der Waals surface area contributed by atoms with Gasteiger partial charge >= 0.3 is 94.8 Å². The van der Waals surface area contributed by atoms with Gasteiger partial charge in [0.15, 0.2) is 9.84 Å². The number of aromatic nitrogens is 3. The molecule has 0 atom stereocenters. The van der Waals surface area contributed by atoms with E-state index >= 15 is 0 Å². The number of rotatable bonds is 15. The van der Waals surface area contributed by atoms with Crippen molar-refractivity contribution in [1.29, 1.82) is 0 Å². The van der Waals surface area contributed by atoms with Crippen molar-refractivity contribution in [2.45, 2.75) is 14.7 Å². The molecule has 1 heterocycles. The maximum absolute atomic E-state index is 14.1. The van der Waals surface area contributed by atoms with Crippen LogP contribution in [0.1, 0.15) is 0 Å². The summed E-state index contributed by atoms with van der Waals surface area (Å²) in [5.41, 5.74) is 3.38. The number of anilines is 4. The number of nitrogens with zero attached hydrogens (tertiary/aromatic N) is 5. The molecule has 0 saturated carbocycles. The summed E-state index contributed by atoms with van der Waals surface area (Å²) in [7, 11) is -19.2. The van der Waals surface area contributed by atoms with E-state index in [0.29, 0.717) is 18.2 Å². The molecule has 6 N–H and O–H groups in total. The van der Waals surface area contributed by atoms with Crippen molar-refractivity contribution in [3.8, 4) is 5.75 Å². The molecule has 0 amide bonds. The smallest absolute Gasteiger partial charge is 0.744 e. The second-order valence-electron chi connectivity index (χ2n) is 9.89. The molecular weight excluding hydrogens is 837 g/mol. The number of fused-ring (bicyclic) bond motifs is 1.